The number of hydrogen-bond donors (Lipinski definition) is 1. The van der Waals surface area contributed by atoms with Crippen LogP contribution in [0.4, 0.5) is 0 Å². The minimum atomic E-state index is -0.273. The number of hydrazone groups is 1. The van der Waals surface area contributed by atoms with Gasteiger partial charge in [-0.15, -0.1) is 10.2 Å². The van der Waals surface area contributed by atoms with E-state index < -0.39 is 0 Å². The van der Waals surface area contributed by atoms with Crippen LogP contribution in [-0.2, 0) is 4.79 Å². The summed E-state index contributed by atoms with van der Waals surface area (Å²) in [6.45, 7) is 0. The summed E-state index contributed by atoms with van der Waals surface area (Å²) in [7, 11) is 4.67. The molecule has 11 heteroatoms. The summed E-state index contributed by atoms with van der Waals surface area (Å²) in [5.41, 5.74) is 4.96. The summed E-state index contributed by atoms with van der Waals surface area (Å²) < 4.78 is 19.2. The molecule has 0 fully saturated rings. The quantitative estimate of drug-likeness (QED) is 0.160. The van der Waals surface area contributed by atoms with Crippen LogP contribution in [0.25, 0.3) is 17.1 Å². The fraction of sp³-hybridized carbons (Fsp3) is 0.154. The standard InChI is InChI=1S/C26H24BrN5O4S/c1-34-21-13-18(14-22(35-2)24(21)36-3)25-30-31-26(32(25)19-10-5-4-6-11-19)37-16-23(33)29-28-15-17-9-7-8-12-20(17)27/h4-15H,16H2,1-3H3,(H,29,33)/b28-15-. The van der Waals surface area contributed by atoms with E-state index >= 15 is 0 Å². The van der Waals surface area contributed by atoms with E-state index in [0.717, 1.165) is 15.7 Å². The Morgan fingerprint density at radius 3 is 2.32 bits per heavy atom. The molecule has 1 N–H and O–H groups in total. The minimum absolute atomic E-state index is 0.0908. The van der Waals surface area contributed by atoms with Gasteiger partial charge in [0.15, 0.2) is 22.5 Å². The number of nitrogens with one attached hydrogen (secondary N) is 1. The maximum absolute atomic E-state index is 12.5. The van der Waals surface area contributed by atoms with Crippen molar-refractivity contribution in [3.05, 3.63) is 76.8 Å². The Bertz CT molecular complexity index is 1390. The van der Waals surface area contributed by atoms with Crippen LogP contribution >= 0.6 is 27.7 Å². The number of carbonyl (C=O) groups is 1. The lowest BCUT2D eigenvalue weighted by molar-refractivity contribution is -0.118. The predicted octanol–water partition coefficient (Wildman–Crippen LogP) is 4.97. The van der Waals surface area contributed by atoms with Gasteiger partial charge < -0.3 is 14.2 Å². The third-order valence-corrected chi connectivity index (χ3v) is 6.85. The van der Waals surface area contributed by atoms with Crippen molar-refractivity contribution in [2.45, 2.75) is 5.16 Å². The highest BCUT2D eigenvalue weighted by Gasteiger charge is 2.21. The first-order valence-electron chi connectivity index (χ1n) is 11.1. The van der Waals surface area contributed by atoms with Gasteiger partial charge in [-0.25, -0.2) is 5.43 Å². The van der Waals surface area contributed by atoms with Crippen LogP contribution in [0.3, 0.4) is 0 Å². The van der Waals surface area contributed by atoms with Gasteiger partial charge in [0.25, 0.3) is 5.91 Å². The molecule has 0 unspecified atom stereocenters. The molecule has 9 nitrogen and oxygen atoms in total. The molecule has 1 amide bonds. The first-order valence-corrected chi connectivity index (χ1v) is 12.8. The summed E-state index contributed by atoms with van der Waals surface area (Å²) in [6, 6.07) is 20.9. The third kappa shape index (κ3) is 6.12. The number of nitrogens with zero attached hydrogens (tertiary/aromatic N) is 4. The van der Waals surface area contributed by atoms with E-state index in [1.165, 1.54) is 11.8 Å². The summed E-state index contributed by atoms with van der Waals surface area (Å²) in [5.74, 6) is 1.85. The largest absolute Gasteiger partial charge is 0.493 e. The Morgan fingerprint density at radius 1 is 1.00 bits per heavy atom. The second-order valence-corrected chi connectivity index (χ2v) is 9.29. The predicted molar refractivity (Wildman–Crippen MR) is 147 cm³/mol. The Labute approximate surface area is 227 Å². The third-order valence-electron chi connectivity index (χ3n) is 5.20. The molecule has 3 aromatic carbocycles. The van der Waals surface area contributed by atoms with E-state index in [-0.39, 0.29) is 11.7 Å². The van der Waals surface area contributed by atoms with E-state index in [2.05, 4.69) is 36.7 Å². The minimum Gasteiger partial charge on any atom is -0.493 e. The molecule has 0 atom stereocenters. The molecule has 0 spiro atoms. The monoisotopic (exact) mass is 581 g/mol. The SMILES string of the molecule is COc1cc(-c2nnc(SCC(=O)N/N=C\c3ccccc3Br)n2-c2ccccc2)cc(OC)c1OC. The van der Waals surface area contributed by atoms with Gasteiger partial charge in [0.1, 0.15) is 0 Å². The maximum atomic E-state index is 12.5. The molecule has 0 aliphatic carbocycles. The second-order valence-electron chi connectivity index (χ2n) is 7.49. The number of ether oxygens (including phenoxy) is 3. The molecule has 0 aliphatic rings. The molecule has 4 rings (SSSR count). The molecular weight excluding hydrogens is 558 g/mol. The van der Waals surface area contributed by atoms with Gasteiger partial charge in [0.2, 0.25) is 5.75 Å². The number of para-hydroxylation sites is 1. The molecule has 1 heterocycles. The summed E-state index contributed by atoms with van der Waals surface area (Å²) in [5, 5.41) is 13.4. The molecule has 0 radical (unpaired) electrons. The van der Waals surface area contributed by atoms with Crippen molar-refractivity contribution in [1.29, 1.82) is 0 Å². The van der Waals surface area contributed by atoms with Crippen LogP contribution in [0.15, 0.2) is 81.5 Å². The second kappa shape index (κ2) is 12.4. The molecule has 0 saturated carbocycles. The molecular formula is C26H24BrN5O4S. The fourth-order valence-corrected chi connectivity index (χ4v) is 4.62. The number of aromatic nitrogens is 3. The van der Waals surface area contributed by atoms with Gasteiger partial charge in [-0.3, -0.25) is 9.36 Å². The van der Waals surface area contributed by atoms with Crippen molar-refractivity contribution in [3.63, 3.8) is 0 Å². The van der Waals surface area contributed by atoms with Gasteiger partial charge in [0, 0.05) is 21.3 Å². The molecule has 4 aromatic rings. The van der Waals surface area contributed by atoms with Crippen molar-refractivity contribution in [2.75, 3.05) is 27.1 Å². The van der Waals surface area contributed by atoms with E-state index in [1.54, 1.807) is 27.5 Å². The van der Waals surface area contributed by atoms with Gasteiger partial charge in [-0.05, 0) is 30.3 Å². The number of rotatable bonds is 10. The molecule has 0 bridgehead atoms. The van der Waals surface area contributed by atoms with Crippen molar-refractivity contribution < 1.29 is 19.0 Å². The van der Waals surface area contributed by atoms with Crippen LogP contribution in [0.1, 0.15) is 5.56 Å². The summed E-state index contributed by atoms with van der Waals surface area (Å²) >= 11 is 4.70. The number of benzene rings is 3. The van der Waals surface area contributed by atoms with Crippen molar-refractivity contribution in [3.8, 4) is 34.3 Å². The highest BCUT2D eigenvalue weighted by atomic mass is 79.9. The average Bonchev–Trinajstić information content (AvgIpc) is 3.36. The smallest absolute Gasteiger partial charge is 0.250 e. The van der Waals surface area contributed by atoms with Crippen molar-refractivity contribution in [1.82, 2.24) is 20.2 Å². The fourth-order valence-electron chi connectivity index (χ4n) is 3.49. The number of hydrogen-bond acceptors (Lipinski definition) is 8. The first-order chi connectivity index (χ1) is 18.0. The van der Waals surface area contributed by atoms with Crippen LogP contribution in [0.2, 0.25) is 0 Å². The van der Waals surface area contributed by atoms with Crippen LogP contribution < -0.4 is 19.6 Å². The van der Waals surface area contributed by atoms with Crippen molar-refractivity contribution in [2.24, 2.45) is 5.10 Å². The lowest BCUT2D eigenvalue weighted by atomic mass is 10.1. The zero-order valence-electron chi connectivity index (χ0n) is 20.3. The molecule has 0 aliphatic heterocycles. The average molecular weight is 582 g/mol. The van der Waals surface area contributed by atoms with Crippen LogP contribution in [0, 0.1) is 0 Å². The van der Waals surface area contributed by atoms with E-state index in [9.17, 15) is 4.79 Å². The van der Waals surface area contributed by atoms with Crippen LogP contribution in [0.5, 0.6) is 17.2 Å². The number of methoxy groups -OCH3 is 3. The number of thioether (sulfide) groups is 1. The molecule has 190 valence electrons. The molecule has 1 aromatic heterocycles. The molecule has 37 heavy (non-hydrogen) atoms. The zero-order valence-corrected chi connectivity index (χ0v) is 22.7. The highest BCUT2D eigenvalue weighted by Crippen LogP contribution is 2.41. The first kappa shape index (κ1) is 26.2. The Hall–Kier alpha value is -3.83. The number of carbonyl (C=O) groups excluding carboxylic acids is 1. The summed E-state index contributed by atoms with van der Waals surface area (Å²) in [6.07, 6.45) is 1.58. The maximum Gasteiger partial charge on any atom is 0.250 e. The number of amides is 1. The van der Waals surface area contributed by atoms with Crippen molar-refractivity contribution >= 4 is 39.8 Å². The van der Waals surface area contributed by atoms with E-state index in [4.69, 9.17) is 14.2 Å². The van der Waals surface area contributed by atoms with Gasteiger partial charge in [0.05, 0.1) is 33.3 Å². The topological polar surface area (TPSA) is 99.9 Å². The van der Waals surface area contributed by atoms with E-state index in [1.807, 2.05) is 71.3 Å². The number of halogens is 1. The van der Waals surface area contributed by atoms with E-state index in [0.29, 0.717) is 33.8 Å². The van der Waals surface area contributed by atoms with Crippen LogP contribution in [-0.4, -0.2) is 54.0 Å². The zero-order chi connectivity index (χ0) is 26.2. The highest BCUT2D eigenvalue weighted by molar-refractivity contribution is 9.10. The summed E-state index contributed by atoms with van der Waals surface area (Å²) in [4.78, 5) is 12.5. The van der Waals surface area contributed by atoms with Gasteiger partial charge in [-0.2, -0.15) is 5.10 Å². The lowest BCUT2D eigenvalue weighted by Gasteiger charge is -2.15. The Balaban J connectivity index is 1.60. The van der Waals surface area contributed by atoms with Gasteiger partial charge >= 0.3 is 0 Å². The normalized spacial score (nSPS) is 10.9. The van der Waals surface area contributed by atoms with Gasteiger partial charge in [-0.1, -0.05) is 64.1 Å². The Morgan fingerprint density at radius 2 is 1.68 bits per heavy atom. The lowest BCUT2D eigenvalue weighted by Crippen LogP contribution is -2.20. The molecule has 0 saturated heterocycles. The Kier molecular flexibility index (Phi) is 8.81.